The van der Waals surface area contributed by atoms with Crippen molar-refractivity contribution in [1.29, 1.82) is 0 Å². The number of nitrogens with zero attached hydrogens (tertiary/aromatic N) is 2. The summed E-state index contributed by atoms with van der Waals surface area (Å²) in [5.74, 6) is -0.773. The highest BCUT2D eigenvalue weighted by atomic mass is 16.4. The van der Waals surface area contributed by atoms with Gasteiger partial charge in [0.2, 0.25) is 5.91 Å². The number of hydrogen-bond acceptors (Lipinski definition) is 3. The molecule has 1 amide bonds. The van der Waals surface area contributed by atoms with Gasteiger partial charge in [0.05, 0.1) is 11.8 Å². The van der Waals surface area contributed by atoms with Crippen molar-refractivity contribution < 1.29 is 14.7 Å². The first-order valence-corrected chi connectivity index (χ1v) is 6.90. The molecule has 0 radical (unpaired) electrons. The minimum Gasteiger partial charge on any atom is -0.481 e. The summed E-state index contributed by atoms with van der Waals surface area (Å²) in [5, 5.41) is 15.9. The highest BCUT2D eigenvalue weighted by molar-refractivity contribution is 5.79. The molecule has 0 spiro atoms. The van der Waals surface area contributed by atoms with Gasteiger partial charge in [-0.05, 0) is 38.7 Å². The van der Waals surface area contributed by atoms with Crippen molar-refractivity contribution >= 4 is 11.9 Å². The fourth-order valence-electron chi connectivity index (χ4n) is 2.63. The lowest BCUT2D eigenvalue weighted by molar-refractivity contribution is -0.153. The zero-order chi connectivity index (χ0) is 14.8. The minimum absolute atomic E-state index is 0.000494. The van der Waals surface area contributed by atoms with E-state index in [0.717, 1.165) is 18.5 Å². The molecule has 0 aromatic carbocycles. The Morgan fingerprint density at radius 2 is 2.30 bits per heavy atom. The molecule has 20 heavy (non-hydrogen) atoms. The fourth-order valence-corrected chi connectivity index (χ4v) is 2.63. The molecule has 0 saturated carbocycles. The van der Waals surface area contributed by atoms with Crippen molar-refractivity contribution in [3.05, 3.63) is 18.0 Å². The summed E-state index contributed by atoms with van der Waals surface area (Å²) in [6.45, 7) is 4.71. The Morgan fingerprint density at radius 1 is 1.55 bits per heavy atom. The van der Waals surface area contributed by atoms with Crippen LogP contribution < -0.4 is 0 Å². The van der Waals surface area contributed by atoms with Gasteiger partial charge in [-0.15, -0.1) is 0 Å². The van der Waals surface area contributed by atoms with Gasteiger partial charge in [-0.1, -0.05) is 0 Å². The molecule has 1 unspecified atom stereocenters. The van der Waals surface area contributed by atoms with Crippen LogP contribution in [0.25, 0.3) is 0 Å². The predicted molar refractivity (Wildman–Crippen MR) is 73.0 cm³/mol. The van der Waals surface area contributed by atoms with Crippen LogP contribution in [0.15, 0.2) is 12.3 Å². The maximum Gasteiger partial charge on any atom is 0.309 e. The van der Waals surface area contributed by atoms with Crippen molar-refractivity contribution in [3.8, 4) is 0 Å². The first kappa shape index (κ1) is 14.6. The second kappa shape index (κ2) is 5.64. The molecular weight excluding hydrogens is 258 g/mol. The number of carboxylic acids is 1. The number of aromatic amines is 1. The predicted octanol–water partition coefficient (Wildman–Crippen LogP) is 1.30. The number of aromatic nitrogens is 2. The van der Waals surface area contributed by atoms with Crippen LogP contribution >= 0.6 is 0 Å². The van der Waals surface area contributed by atoms with Gasteiger partial charge in [-0.25, -0.2) is 0 Å². The first-order chi connectivity index (χ1) is 9.41. The Bertz CT molecular complexity index is 482. The maximum absolute atomic E-state index is 12.2. The number of piperidine rings is 1. The number of carbonyl (C=O) groups excluding carboxylic acids is 1. The molecular formula is C14H21N3O3. The summed E-state index contributed by atoms with van der Waals surface area (Å²) in [6, 6.07) is 1.78. The molecule has 1 aromatic rings. The smallest absolute Gasteiger partial charge is 0.309 e. The Kier molecular flexibility index (Phi) is 4.11. The lowest BCUT2D eigenvalue weighted by Crippen LogP contribution is -2.47. The van der Waals surface area contributed by atoms with E-state index in [1.807, 2.05) is 0 Å². The van der Waals surface area contributed by atoms with E-state index in [-0.39, 0.29) is 11.8 Å². The van der Waals surface area contributed by atoms with E-state index >= 15 is 0 Å². The lowest BCUT2D eigenvalue weighted by atomic mass is 9.74. The highest BCUT2D eigenvalue weighted by Crippen LogP contribution is 2.34. The number of H-pyrrole nitrogens is 1. The summed E-state index contributed by atoms with van der Waals surface area (Å²) < 4.78 is 0. The summed E-state index contributed by atoms with van der Waals surface area (Å²) in [4.78, 5) is 25.4. The molecule has 6 heteroatoms. The quantitative estimate of drug-likeness (QED) is 0.870. The van der Waals surface area contributed by atoms with Crippen LogP contribution in [0.2, 0.25) is 0 Å². The number of likely N-dealkylation sites (tertiary alicyclic amines) is 1. The van der Waals surface area contributed by atoms with Gasteiger partial charge in [0.1, 0.15) is 0 Å². The number of hydrogen-bond donors (Lipinski definition) is 2. The normalized spacial score (nSPS) is 19.9. The van der Waals surface area contributed by atoms with Gasteiger partial charge in [0, 0.05) is 25.0 Å². The third-order valence-electron chi connectivity index (χ3n) is 4.25. The molecule has 1 aliphatic heterocycles. The molecule has 1 aliphatic rings. The molecule has 2 rings (SSSR count). The van der Waals surface area contributed by atoms with Crippen molar-refractivity contribution in [2.45, 2.75) is 33.1 Å². The summed E-state index contributed by atoms with van der Waals surface area (Å²) >= 11 is 0. The van der Waals surface area contributed by atoms with Crippen LogP contribution in [0.1, 0.15) is 32.4 Å². The van der Waals surface area contributed by atoms with Crippen molar-refractivity contribution in [1.82, 2.24) is 15.1 Å². The van der Waals surface area contributed by atoms with E-state index in [0.29, 0.717) is 19.5 Å². The average Bonchev–Trinajstić information content (AvgIpc) is 2.91. The number of aliphatic carboxylic acids is 1. The summed E-state index contributed by atoms with van der Waals surface area (Å²) in [5.41, 5.74) is -0.0120. The second-order valence-corrected chi connectivity index (χ2v) is 5.96. The minimum atomic E-state index is -0.801. The number of nitrogens with one attached hydrogen (secondary N) is 1. The zero-order valence-electron chi connectivity index (χ0n) is 11.9. The van der Waals surface area contributed by atoms with E-state index in [9.17, 15) is 14.7 Å². The van der Waals surface area contributed by atoms with Gasteiger partial charge in [-0.3, -0.25) is 14.7 Å². The van der Waals surface area contributed by atoms with Gasteiger partial charge in [-0.2, -0.15) is 5.10 Å². The second-order valence-electron chi connectivity index (χ2n) is 5.96. The maximum atomic E-state index is 12.2. The SMILES string of the molecule is CC(C)(C(=O)O)C1CCCN(C(=O)Cc2ccn[nH]2)C1. The van der Waals surface area contributed by atoms with E-state index in [2.05, 4.69) is 10.2 Å². The molecule has 0 aliphatic carbocycles. The number of carbonyl (C=O) groups is 2. The Morgan fingerprint density at radius 3 is 2.90 bits per heavy atom. The molecule has 1 saturated heterocycles. The monoisotopic (exact) mass is 279 g/mol. The summed E-state index contributed by atoms with van der Waals surface area (Å²) in [7, 11) is 0. The number of carboxylic acid groups (broad SMARTS) is 1. The van der Waals surface area contributed by atoms with Crippen LogP contribution in [0.3, 0.4) is 0 Å². The van der Waals surface area contributed by atoms with Gasteiger partial charge in [0.25, 0.3) is 0 Å². The van der Waals surface area contributed by atoms with Gasteiger partial charge in [0.15, 0.2) is 0 Å². The van der Waals surface area contributed by atoms with Crippen LogP contribution in [0.4, 0.5) is 0 Å². The van der Waals surface area contributed by atoms with E-state index in [1.165, 1.54) is 0 Å². The Hall–Kier alpha value is -1.85. The third kappa shape index (κ3) is 3.00. The first-order valence-electron chi connectivity index (χ1n) is 6.90. The Balaban J connectivity index is 2.00. The molecule has 1 atom stereocenters. The molecule has 110 valence electrons. The van der Waals surface area contributed by atoms with Crippen LogP contribution in [0, 0.1) is 11.3 Å². The highest BCUT2D eigenvalue weighted by Gasteiger charge is 2.39. The van der Waals surface area contributed by atoms with E-state index < -0.39 is 11.4 Å². The zero-order valence-corrected chi connectivity index (χ0v) is 11.9. The fraction of sp³-hybridized carbons (Fsp3) is 0.643. The van der Waals surface area contributed by atoms with Gasteiger partial charge < -0.3 is 10.0 Å². The van der Waals surface area contributed by atoms with Gasteiger partial charge >= 0.3 is 5.97 Å². The van der Waals surface area contributed by atoms with E-state index in [4.69, 9.17) is 0 Å². The summed E-state index contributed by atoms with van der Waals surface area (Å²) in [6.07, 6.45) is 3.62. The van der Waals surface area contributed by atoms with Crippen molar-refractivity contribution in [3.63, 3.8) is 0 Å². The van der Waals surface area contributed by atoms with Crippen LogP contribution in [-0.4, -0.2) is 45.2 Å². The molecule has 1 fully saturated rings. The molecule has 2 N–H and O–H groups in total. The Labute approximate surface area is 118 Å². The molecule has 0 bridgehead atoms. The standard InChI is InChI=1S/C14H21N3O3/c1-14(2,13(19)20)10-4-3-7-17(9-10)12(18)8-11-5-6-15-16-11/h5-6,10H,3-4,7-9H2,1-2H3,(H,15,16)(H,19,20). The largest absolute Gasteiger partial charge is 0.481 e. The number of amides is 1. The average molecular weight is 279 g/mol. The topological polar surface area (TPSA) is 86.3 Å². The number of rotatable bonds is 4. The lowest BCUT2D eigenvalue weighted by Gasteiger charge is -2.39. The van der Waals surface area contributed by atoms with Crippen molar-refractivity contribution in [2.75, 3.05) is 13.1 Å². The molecule has 2 heterocycles. The van der Waals surface area contributed by atoms with Crippen LogP contribution in [-0.2, 0) is 16.0 Å². The molecule has 6 nitrogen and oxygen atoms in total. The van der Waals surface area contributed by atoms with Crippen molar-refractivity contribution in [2.24, 2.45) is 11.3 Å². The third-order valence-corrected chi connectivity index (χ3v) is 4.25. The van der Waals surface area contributed by atoms with E-state index in [1.54, 1.807) is 31.0 Å². The molecule has 1 aromatic heterocycles. The van der Waals surface area contributed by atoms with Crippen LogP contribution in [0.5, 0.6) is 0 Å².